The Bertz CT molecular complexity index is 537. The van der Waals surface area contributed by atoms with Gasteiger partial charge in [-0.05, 0) is 50.4 Å². The Morgan fingerprint density at radius 1 is 1.38 bits per heavy atom. The van der Waals surface area contributed by atoms with Crippen LogP contribution < -0.4 is 10.5 Å². The van der Waals surface area contributed by atoms with E-state index in [1.165, 1.54) is 0 Å². The van der Waals surface area contributed by atoms with Gasteiger partial charge in [0.1, 0.15) is 0 Å². The summed E-state index contributed by atoms with van der Waals surface area (Å²) in [5.41, 5.74) is 6.58. The zero-order valence-corrected chi connectivity index (χ0v) is 13.2. The Labute approximate surface area is 126 Å². The fourth-order valence-corrected chi connectivity index (χ4v) is 3.81. The number of hydrogen-bond acceptors (Lipinski definition) is 4. The van der Waals surface area contributed by atoms with Crippen LogP contribution >= 0.6 is 0 Å². The van der Waals surface area contributed by atoms with Crippen molar-refractivity contribution in [2.24, 2.45) is 11.7 Å². The molecule has 3 N–H and O–H groups in total. The topological polar surface area (TPSA) is 81.4 Å². The first-order chi connectivity index (χ1) is 10.0. The van der Waals surface area contributed by atoms with E-state index in [2.05, 4.69) is 4.72 Å². The molecule has 0 radical (unpaired) electrons. The number of sulfonamides is 1. The quantitative estimate of drug-likeness (QED) is 0.795. The van der Waals surface area contributed by atoms with E-state index in [-0.39, 0.29) is 12.0 Å². The minimum atomic E-state index is -3.46. The molecule has 1 heterocycles. The van der Waals surface area contributed by atoms with Gasteiger partial charge in [-0.25, -0.2) is 13.1 Å². The maximum Gasteiger partial charge on any atom is 0.240 e. The van der Waals surface area contributed by atoms with Crippen molar-refractivity contribution in [3.05, 3.63) is 29.8 Å². The first-order valence-corrected chi connectivity index (χ1v) is 8.90. The van der Waals surface area contributed by atoms with Crippen LogP contribution in [0.1, 0.15) is 25.3 Å². The van der Waals surface area contributed by atoms with Gasteiger partial charge in [0.25, 0.3) is 0 Å². The summed E-state index contributed by atoms with van der Waals surface area (Å²) in [6, 6.07) is 6.91. The van der Waals surface area contributed by atoms with Crippen molar-refractivity contribution in [3.63, 3.8) is 0 Å². The Morgan fingerprint density at radius 2 is 2.10 bits per heavy atom. The largest absolute Gasteiger partial charge is 0.381 e. The molecule has 0 spiro atoms. The third-order valence-electron chi connectivity index (χ3n) is 3.92. The maximum absolute atomic E-state index is 12.4. The second-order valence-corrected chi connectivity index (χ2v) is 7.28. The minimum Gasteiger partial charge on any atom is -0.381 e. The van der Waals surface area contributed by atoms with Crippen LogP contribution in [-0.4, -0.2) is 34.2 Å². The fourth-order valence-electron chi connectivity index (χ4n) is 2.50. The van der Waals surface area contributed by atoms with Crippen LogP contribution in [0.15, 0.2) is 29.2 Å². The smallest absolute Gasteiger partial charge is 0.240 e. The Kier molecular flexibility index (Phi) is 5.75. The highest BCUT2D eigenvalue weighted by Crippen LogP contribution is 2.19. The van der Waals surface area contributed by atoms with Gasteiger partial charge < -0.3 is 10.5 Å². The molecule has 0 aromatic heterocycles. The van der Waals surface area contributed by atoms with E-state index < -0.39 is 10.0 Å². The van der Waals surface area contributed by atoms with Crippen LogP contribution in [0.25, 0.3) is 0 Å². The molecule has 2 rings (SSSR count). The van der Waals surface area contributed by atoms with E-state index in [0.717, 1.165) is 24.8 Å². The van der Waals surface area contributed by atoms with Crippen molar-refractivity contribution < 1.29 is 13.2 Å². The molecular weight excluding hydrogens is 288 g/mol. The summed E-state index contributed by atoms with van der Waals surface area (Å²) in [4.78, 5) is 0.310. The van der Waals surface area contributed by atoms with Crippen LogP contribution in [0, 0.1) is 5.92 Å². The molecule has 1 aliphatic heterocycles. The molecule has 0 saturated carbocycles. The van der Waals surface area contributed by atoms with E-state index in [0.29, 0.717) is 24.7 Å². The van der Waals surface area contributed by atoms with Crippen LogP contribution in [0.3, 0.4) is 0 Å². The van der Waals surface area contributed by atoms with Gasteiger partial charge >= 0.3 is 0 Å². The maximum atomic E-state index is 12.4. The number of nitrogens with one attached hydrogen (secondary N) is 1. The van der Waals surface area contributed by atoms with Gasteiger partial charge in [-0.15, -0.1) is 0 Å². The molecule has 1 saturated heterocycles. The zero-order valence-electron chi connectivity index (χ0n) is 12.4. The first-order valence-electron chi connectivity index (χ1n) is 7.42. The SMILES string of the molecule is CC(NS(=O)(=O)c1ccc(CCCN)cc1)C1CCOC1. The van der Waals surface area contributed by atoms with E-state index in [4.69, 9.17) is 10.5 Å². The van der Waals surface area contributed by atoms with E-state index in [1.54, 1.807) is 12.1 Å². The Morgan fingerprint density at radius 3 is 2.67 bits per heavy atom. The Hall–Kier alpha value is -0.950. The second-order valence-electron chi connectivity index (χ2n) is 5.57. The predicted molar refractivity (Wildman–Crippen MR) is 82.5 cm³/mol. The molecule has 1 aromatic carbocycles. The van der Waals surface area contributed by atoms with Crippen LogP contribution in [0.2, 0.25) is 0 Å². The number of ether oxygens (including phenoxy) is 1. The highest BCUT2D eigenvalue weighted by atomic mass is 32.2. The molecule has 1 fully saturated rings. The molecule has 1 aliphatic rings. The van der Waals surface area contributed by atoms with Crippen LogP contribution in [0.5, 0.6) is 0 Å². The summed E-state index contributed by atoms with van der Waals surface area (Å²) in [5, 5.41) is 0. The molecule has 0 bridgehead atoms. The van der Waals surface area contributed by atoms with E-state index in [1.807, 2.05) is 19.1 Å². The molecule has 0 aliphatic carbocycles. The van der Waals surface area contributed by atoms with Crippen LogP contribution in [0.4, 0.5) is 0 Å². The fraction of sp³-hybridized carbons (Fsp3) is 0.600. The van der Waals surface area contributed by atoms with E-state index >= 15 is 0 Å². The lowest BCUT2D eigenvalue weighted by Crippen LogP contribution is -2.38. The van der Waals surface area contributed by atoms with Gasteiger partial charge in [-0.2, -0.15) is 0 Å². The summed E-state index contributed by atoms with van der Waals surface area (Å²) in [6.45, 7) is 3.88. The third kappa shape index (κ3) is 4.51. The zero-order chi connectivity index (χ0) is 15.3. The molecule has 1 aromatic rings. The Balaban J connectivity index is 2.01. The van der Waals surface area contributed by atoms with Crippen molar-refractivity contribution in [3.8, 4) is 0 Å². The van der Waals surface area contributed by atoms with Gasteiger partial charge in [0.2, 0.25) is 10.0 Å². The van der Waals surface area contributed by atoms with Crippen LogP contribution in [-0.2, 0) is 21.2 Å². The summed E-state index contributed by atoms with van der Waals surface area (Å²) >= 11 is 0. The lowest BCUT2D eigenvalue weighted by atomic mass is 10.0. The van der Waals surface area contributed by atoms with Crippen molar-refractivity contribution in [2.45, 2.75) is 37.1 Å². The number of hydrogen-bond donors (Lipinski definition) is 2. The highest BCUT2D eigenvalue weighted by molar-refractivity contribution is 7.89. The van der Waals surface area contributed by atoms with Gasteiger partial charge in [-0.3, -0.25) is 0 Å². The predicted octanol–water partition coefficient (Wildman–Crippen LogP) is 1.28. The van der Waals surface area contributed by atoms with Gasteiger partial charge in [-0.1, -0.05) is 12.1 Å². The molecule has 6 heteroatoms. The summed E-state index contributed by atoms with van der Waals surface area (Å²) in [6.07, 6.45) is 2.69. The molecular formula is C15H24N2O3S. The third-order valence-corrected chi connectivity index (χ3v) is 5.49. The standard InChI is InChI=1S/C15H24N2O3S/c1-12(14-8-10-20-11-14)17-21(18,19)15-6-4-13(5-7-15)3-2-9-16/h4-7,12,14,17H,2-3,8-11,16H2,1H3. The van der Waals surface area contributed by atoms with Gasteiger partial charge in [0.15, 0.2) is 0 Å². The molecule has 2 atom stereocenters. The summed E-state index contributed by atoms with van der Waals surface area (Å²) < 4.78 is 32.8. The molecule has 5 nitrogen and oxygen atoms in total. The number of nitrogens with two attached hydrogens (primary N) is 1. The van der Waals surface area contributed by atoms with Crippen molar-refractivity contribution >= 4 is 10.0 Å². The molecule has 2 unspecified atom stereocenters. The molecule has 21 heavy (non-hydrogen) atoms. The number of rotatable bonds is 7. The molecule has 0 amide bonds. The number of aryl methyl sites for hydroxylation is 1. The number of benzene rings is 1. The normalized spacial score (nSPS) is 20.6. The summed E-state index contributed by atoms with van der Waals surface area (Å²) in [5.74, 6) is 0.253. The van der Waals surface area contributed by atoms with Crippen molar-refractivity contribution in [1.29, 1.82) is 0 Å². The minimum absolute atomic E-state index is 0.116. The van der Waals surface area contributed by atoms with E-state index in [9.17, 15) is 8.42 Å². The first kappa shape index (κ1) is 16.4. The average Bonchev–Trinajstić information content (AvgIpc) is 2.99. The summed E-state index contributed by atoms with van der Waals surface area (Å²) in [7, 11) is -3.46. The monoisotopic (exact) mass is 312 g/mol. The van der Waals surface area contributed by atoms with Gasteiger partial charge in [0.05, 0.1) is 11.5 Å². The van der Waals surface area contributed by atoms with Gasteiger partial charge in [0, 0.05) is 18.6 Å². The second kappa shape index (κ2) is 7.35. The highest BCUT2D eigenvalue weighted by Gasteiger charge is 2.26. The van der Waals surface area contributed by atoms with Crippen molar-refractivity contribution in [1.82, 2.24) is 4.72 Å². The lowest BCUT2D eigenvalue weighted by Gasteiger charge is -2.19. The van der Waals surface area contributed by atoms with Crippen molar-refractivity contribution in [2.75, 3.05) is 19.8 Å². The average molecular weight is 312 g/mol. The molecule has 118 valence electrons. The lowest BCUT2D eigenvalue weighted by molar-refractivity contribution is 0.180.